The van der Waals surface area contributed by atoms with Crippen LogP contribution in [0.2, 0.25) is 0 Å². The lowest BCUT2D eigenvalue weighted by Crippen LogP contribution is -2.33. The second kappa shape index (κ2) is 10.8. The fourth-order valence-electron chi connectivity index (χ4n) is 4.78. The van der Waals surface area contributed by atoms with E-state index in [9.17, 15) is 19.6 Å². The standard InChI is InChI=1S/C20H23F2N10O8PS/c21-8-6(1-33)38-19(32-5-28-11-16(32)29-20(24)30-17(11)35)13(8)40-41(36,42)37-2-7-12(34)9(22)18(39-7)31-4-27-10-14(23)25-3-26-15(10)31/h3-9,12-13,18-19,33-34H,1-2H2,(H,36,42)(H2,23,25,26)(H3,24,29,30,35)/t6-,7-,8-,9?,12-,13-,18-,19-,41-/m1/s1. The number of hydrogen-bond acceptors (Lipinski definition) is 15. The number of nitrogens with one attached hydrogen (secondary N) is 1. The molecule has 226 valence electrons. The first-order valence-corrected chi connectivity index (χ1v) is 14.9. The summed E-state index contributed by atoms with van der Waals surface area (Å²) in [5.41, 5.74) is 10.8. The van der Waals surface area contributed by atoms with E-state index in [1.54, 1.807) is 0 Å². The number of aromatic nitrogens is 8. The van der Waals surface area contributed by atoms with E-state index in [4.69, 9.17) is 30.0 Å². The average molecular weight is 633 g/mol. The molecule has 42 heavy (non-hydrogen) atoms. The van der Waals surface area contributed by atoms with Crippen molar-refractivity contribution >= 4 is 53.1 Å². The van der Waals surface area contributed by atoms with E-state index in [0.717, 1.165) is 17.2 Å². The van der Waals surface area contributed by atoms with Gasteiger partial charge in [0.15, 0.2) is 47.4 Å². The smallest absolute Gasteiger partial charge is 0.386 e. The van der Waals surface area contributed by atoms with E-state index < -0.39 is 74.8 Å². The number of fused-ring (bicyclic) bond motifs is 2. The molecule has 0 saturated carbocycles. The number of nitrogen functional groups attached to an aromatic ring is 2. The molecule has 0 amide bonds. The molecule has 2 fully saturated rings. The van der Waals surface area contributed by atoms with Crippen LogP contribution in [0.1, 0.15) is 12.5 Å². The molecule has 2 aliphatic rings. The maximum atomic E-state index is 15.3. The Bertz CT molecular complexity index is 1740. The Balaban J connectivity index is 1.19. The molecule has 6 rings (SSSR count). The van der Waals surface area contributed by atoms with Gasteiger partial charge in [0.2, 0.25) is 5.95 Å². The number of aliphatic hydroxyl groups excluding tert-OH is 2. The van der Waals surface area contributed by atoms with E-state index in [-0.39, 0.29) is 34.1 Å². The predicted molar refractivity (Wildman–Crippen MR) is 140 cm³/mol. The third-order valence-corrected chi connectivity index (χ3v) is 8.40. The van der Waals surface area contributed by atoms with E-state index in [1.165, 1.54) is 10.9 Å². The summed E-state index contributed by atoms with van der Waals surface area (Å²) in [5, 5.41) is 20.1. The van der Waals surface area contributed by atoms with Gasteiger partial charge in [-0.05, 0) is 0 Å². The highest BCUT2D eigenvalue weighted by atomic mass is 32.7. The summed E-state index contributed by atoms with van der Waals surface area (Å²) in [6.45, 7) is -5.95. The molecule has 0 aromatic carbocycles. The van der Waals surface area contributed by atoms with Crippen molar-refractivity contribution in [2.24, 2.45) is 0 Å². The van der Waals surface area contributed by atoms with Crippen LogP contribution in [0, 0.1) is 0 Å². The number of H-pyrrole nitrogens is 1. The summed E-state index contributed by atoms with van der Waals surface area (Å²) in [7, 11) is 0. The molecule has 6 heterocycles. The van der Waals surface area contributed by atoms with Crippen LogP contribution in [0.15, 0.2) is 23.8 Å². The van der Waals surface area contributed by atoms with Gasteiger partial charge in [-0.2, -0.15) is 4.98 Å². The van der Waals surface area contributed by atoms with Gasteiger partial charge in [0.25, 0.3) is 5.56 Å². The predicted octanol–water partition coefficient (Wildman–Crippen LogP) is -0.612. The Morgan fingerprint density at radius 1 is 1.05 bits per heavy atom. The molecule has 22 heteroatoms. The molecule has 2 aliphatic heterocycles. The van der Waals surface area contributed by atoms with E-state index >= 15 is 8.78 Å². The number of alkyl halides is 2. The van der Waals surface area contributed by atoms with Gasteiger partial charge in [0, 0.05) is 0 Å². The fraction of sp³-hybridized carbons (Fsp3) is 0.500. The van der Waals surface area contributed by atoms with Crippen molar-refractivity contribution in [1.82, 2.24) is 39.0 Å². The molecule has 7 N–H and O–H groups in total. The van der Waals surface area contributed by atoms with Crippen LogP contribution in [0.25, 0.3) is 22.3 Å². The van der Waals surface area contributed by atoms with Gasteiger partial charge in [0.05, 0.1) is 25.9 Å². The third kappa shape index (κ3) is 4.90. The zero-order chi connectivity index (χ0) is 29.9. The van der Waals surface area contributed by atoms with Crippen LogP contribution in [0.5, 0.6) is 0 Å². The molecule has 4 aromatic rings. The van der Waals surface area contributed by atoms with Crippen LogP contribution in [0.3, 0.4) is 0 Å². The Hall–Kier alpha value is -3.30. The maximum absolute atomic E-state index is 15.3. The summed E-state index contributed by atoms with van der Waals surface area (Å²) >= 11 is 3.91. The minimum absolute atomic E-state index is 0.0549. The molecule has 9 atom stereocenters. The first kappa shape index (κ1) is 28.8. The average Bonchev–Trinajstić information content (AvgIpc) is 3.69. The van der Waals surface area contributed by atoms with Crippen molar-refractivity contribution in [1.29, 1.82) is 0 Å². The van der Waals surface area contributed by atoms with Gasteiger partial charge in [-0.3, -0.25) is 28.0 Å². The summed E-state index contributed by atoms with van der Waals surface area (Å²) in [5.74, 6) is -0.207. The molecule has 4 aromatic heterocycles. The topological polar surface area (TPSA) is 254 Å². The molecule has 18 nitrogen and oxygen atoms in total. The van der Waals surface area contributed by atoms with Gasteiger partial charge in [-0.15, -0.1) is 0 Å². The lowest BCUT2D eigenvalue weighted by Gasteiger charge is -2.25. The Morgan fingerprint density at radius 3 is 2.48 bits per heavy atom. The molecular formula is C20H23F2N10O8PS. The lowest BCUT2D eigenvalue weighted by molar-refractivity contribution is -0.0530. The number of nitrogens with zero attached hydrogens (tertiary/aromatic N) is 7. The van der Waals surface area contributed by atoms with Gasteiger partial charge in [-0.25, -0.2) is 33.3 Å². The number of thiol groups is 1. The summed E-state index contributed by atoms with van der Waals surface area (Å²) in [6.07, 6.45) is -9.70. The van der Waals surface area contributed by atoms with Gasteiger partial charge in [-0.1, -0.05) is 12.2 Å². The molecule has 0 radical (unpaired) electrons. The van der Waals surface area contributed by atoms with Crippen LogP contribution < -0.4 is 17.0 Å². The van der Waals surface area contributed by atoms with Crippen molar-refractivity contribution < 1.29 is 42.1 Å². The SMILES string of the molecule is Nc1nc2c(ncn2[C@@H]2O[C@H](CO)[C@@H](F)[C@H]2O[P@](=O)(S)OC[C@H]2O[C@@H](n3cnc4c(N)ncnc43)C(F)[C@@H]2O)c(=O)[nH]1. The van der Waals surface area contributed by atoms with Crippen molar-refractivity contribution in [3.05, 3.63) is 29.3 Å². The summed E-state index contributed by atoms with van der Waals surface area (Å²) < 4.78 is 67.7. The highest BCUT2D eigenvalue weighted by Crippen LogP contribution is 2.57. The number of nitrogens with two attached hydrogens (primary N) is 2. The molecular weight excluding hydrogens is 609 g/mol. The number of halogens is 2. The Morgan fingerprint density at radius 2 is 1.74 bits per heavy atom. The largest absolute Gasteiger partial charge is 0.394 e. The second-order valence-electron chi connectivity index (χ2n) is 9.38. The minimum Gasteiger partial charge on any atom is -0.394 e. The number of rotatable bonds is 8. The van der Waals surface area contributed by atoms with Crippen molar-refractivity contribution in [2.45, 2.75) is 49.2 Å². The summed E-state index contributed by atoms with van der Waals surface area (Å²) in [6, 6.07) is 0. The van der Waals surface area contributed by atoms with Crippen molar-refractivity contribution in [2.75, 3.05) is 24.7 Å². The van der Waals surface area contributed by atoms with Crippen molar-refractivity contribution in [3.8, 4) is 0 Å². The Labute approximate surface area is 237 Å². The molecule has 0 bridgehead atoms. The van der Waals surface area contributed by atoms with E-state index in [0.29, 0.717) is 0 Å². The van der Waals surface area contributed by atoms with Gasteiger partial charge < -0.3 is 31.2 Å². The number of imidazole rings is 2. The highest BCUT2D eigenvalue weighted by Gasteiger charge is 2.51. The maximum Gasteiger partial charge on any atom is 0.386 e. The van der Waals surface area contributed by atoms with Crippen molar-refractivity contribution in [3.63, 3.8) is 0 Å². The zero-order valence-electron chi connectivity index (χ0n) is 21.0. The minimum atomic E-state index is -4.48. The molecule has 2 saturated heterocycles. The van der Waals surface area contributed by atoms with E-state index in [1.807, 2.05) is 0 Å². The molecule has 0 spiro atoms. The number of aliphatic hydroxyl groups is 2. The lowest BCUT2D eigenvalue weighted by atomic mass is 10.1. The monoisotopic (exact) mass is 632 g/mol. The number of hydrogen-bond donors (Lipinski definition) is 6. The number of aromatic amines is 1. The molecule has 1 unspecified atom stereocenters. The Kier molecular flexibility index (Phi) is 7.38. The second-order valence-corrected chi connectivity index (χ2v) is 12.3. The van der Waals surface area contributed by atoms with Crippen LogP contribution in [0.4, 0.5) is 20.5 Å². The normalized spacial score (nSPS) is 31.3. The zero-order valence-corrected chi connectivity index (χ0v) is 22.8. The quantitative estimate of drug-likeness (QED) is 0.105. The third-order valence-electron chi connectivity index (χ3n) is 6.78. The van der Waals surface area contributed by atoms with E-state index in [2.05, 4.69) is 42.2 Å². The highest BCUT2D eigenvalue weighted by molar-refractivity contribution is 8.44. The first-order chi connectivity index (χ1) is 20.0. The fourth-order valence-corrected chi connectivity index (χ4v) is 6.23. The van der Waals surface area contributed by atoms with Gasteiger partial charge >= 0.3 is 6.80 Å². The number of anilines is 2. The van der Waals surface area contributed by atoms with Crippen LogP contribution in [-0.2, 0) is 23.1 Å². The summed E-state index contributed by atoms with van der Waals surface area (Å²) in [4.78, 5) is 34.2. The van der Waals surface area contributed by atoms with Crippen LogP contribution >= 0.6 is 19.0 Å². The molecule has 0 aliphatic carbocycles. The first-order valence-electron chi connectivity index (χ1n) is 12.2. The van der Waals surface area contributed by atoms with Gasteiger partial charge in [0.1, 0.15) is 36.3 Å². The van der Waals surface area contributed by atoms with Crippen LogP contribution in [-0.4, -0.2) is 99.2 Å². The number of ether oxygens (including phenoxy) is 2.